The lowest BCUT2D eigenvalue weighted by atomic mass is 10.1. The fourth-order valence-corrected chi connectivity index (χ4v) is 8.62. The van der Waals surface area contributed by atoms with Crippen LogP contribution >= 0.6 is 34.9 Å². The third-order valence-electron chi connectivity index (χ3n) is 8.74. The van der Waals surface area contributed by atoms with E-state index in [4.69, 9.17) is 25.0 Å². The maximum Gasteiger partial charge on any atom is 0.230 e. The number of likely N-dealkylation sites (tertiary alicyclic amines) is 1. The second kappa shape index (κ2) is 22.8. The van der Waals surface area contributed by atoms with Crippen molar-refractivity contribution >= 4 is 56.8 Å². The molecule has 15 heteroatoms. The number of benzene rings is 2. The number of piperidine rings is 1. The molecular formula is C38H51N7O5S3. The van der Waals surface area contributed by atoms with Crippen LogP contribution in [0.3, 0.4) is 0 Å². The van der Waals surface area contributed by atoms with Crippen molar-refractivity contribution in [1.82, 2.24) is 25.3 Å². The minimum atomic E-state index is -0.289. The minimum absolute atomic E-state index is 0.0459. The van der Waals surface area contributed by atoms with E-state index < -0.39 is 0 Å². The van der Waals surface area contributed by atoms with E-state index >= 15 is 0 Å². The van der Waals surface area contributed by atoms with Crippen LogP contribution in [0.5, 0.6) is 11.5 Å². The van der Waals surface area contributed by atoms with Crippen molar-refractivity contribution in [3.8, 4) is 11.5 Å². The molecule has 3 heterocycles. The molecule has 12 nitrogen and oxygen atoms in total. The maximum absolute atomic E-state index is 12.8. The summed E-state index contributed by atoms with van der Waals surface area (Å²) in [6.45, 7) is 8.63. The highest BCUT2D eigenvalue weighted by Crippen LogP contribution is 2.19. The van der Waals surface area contributed by atoms with Gasteiger partial charge in [-0.25, -0.2) is 0 Å². The first-order valence-corrected chi connectivity index (χ1v) is 21.2. The molecule has 2 aliphatic rings. The zero-order valence-electron chi connectivity index (χ0n) is 30.3. The van der Waals surface area contributed by atoms with Gasteiger partial charge in [0, 0.05) is 45.4 Å². The second-order valence-electron chi connectivity index (χ2n) is 13.0. The van der Waals surface area contributed by atoms with Crippen LogP contribution < -0.4 is 14.8 Å². The molecule has 3 N–H and O–H groups in total. The van der Waals surface area contributed by atoms with Crippen LogP contribution in [0.25, 0.3) is 0 Å². The van der Waals surface area contributed by atoms with Crippen molar-refractivity contribution < 1.29 is 23.8 Å². The van der Waals surface area contributed by atoms with Gasteiger partial charge in [-0.2, -0.15) is 11.8 Å². The average Bonchev–Trinajstić information content (AvgIpc) is 3.59. The van der Waals surface area contributed by atoms with Gasteiger partial charge in [0.15, 0.2) is 5.17 Å². The summed E-state index contributed by atoms with van der Waals surface area (Å²) < 4.78 is 17.3. The predicted octanol–water partition coefficient (Wildman–Crippen LogP) is 5.14. The van der Waals surface area contributed by atoms with Gasteiger partial charge in [-0.1, -0.05) is 30.7 Å². The van der Waals surface area contributed by atoms with Gasteiger partial charge < -0.3 is 19.5 Å². The molecule has 2 aliphatic heterocycles. The number of nitrogens with one attached hydrogen (secondary N) is 3. The van der Waals surface area contributed by atoms with Crippen molar-refractivity contribution in [2.24, 2.45) is 0 Å². The fourth-order valence-electron chi connectivity index (χ4n) is 5.99. The summed E-state index contributed by atoms with van der Waals surface area (Å²) in [6, 6.07) is 15.3. The number of aryl methyl sites for hydroxylation is 1. The Bertz CT molecular complexity index is 1630. The first-order valence-electron chi connectivity index (χ1n) is 18.4. The Morgan fingerprint density at radius 2 is 1.45 bits per heavy atom. The number of thioether (sulfide) groups is 2. The van der Waals surface area contributed by atoms with E-state index in [2.05, 4.69) is 25.3 Å². The van der Waals surface area contributed by atoms with E-state index in [1.54, 1.807) is 11.8 Å². The van der Waals surface area contributed by atoms with Gasteiger partial charge in [0.1, 0.15) is 40.5 Å². The number of amides is 1. The number of morpholine rings is 1. The Hall–Kier alpha value is -3.34. The summed E-state index contributed by atoms with van der Waals surface area (Å²) in [6.07, 6.45) is 5.75. The third-order valence-corrected chi connectivity index (χ3v) is 11.5. The number of ether oxygens (including phenoxy) is 3. The molecule has 0 aliphatic carbocycles. The molecule has 2 fully saturated rings. The third kappa shape index (κ3) is 15.9. The molecule has 5 rings (SSSR count). The Labute approximate surface area is 325 Å². The zero-order valence-corrected chi connectivity index (χ0v) is 32.8. The van der Waals surface area contributed by atoms with E-state index in [0.717, 1.165) is 115 Å². The number of carbonyl (C=O) groups is 2. The largest absolute Gasteiger partial charge is 0.492 e. The Balaban J connectivity index is 0.903. The van der Waals surface area contributed by atoms with E-state index in [1.807, 2.05) is 48.5 Å². The summed E-state index contributed by atoms with van der Waals surface area (Å²) >= 11 is 4.14. The quantitative estimate of drug-likeness (QED) is 0.0794. The van der Waals surface area contributed by atoms with Crippen molar-refractivity contribution in [1.29, 1.82) is 10.8 Å². The lowest BCUT2D eigenvalue weighted by molar-refractivity contribution is -0.119. The van der Waals surface area contributed by atoms with Gasteiger partial charge in [-0.15, -0.1) is 21.5 Å². The molecule has 1 amide bonds. The van der Waals surface area contributed by atoms with Crippen LogP contribution in [0.1, 0.15) is 46.8 Å². The van der Waals surface area contributed by atoms with E-state index in [1.165, 1.54) is 30.6 Å². The van der Waals surface area contributed by atoms with E-state index in [0.29, 0.717) is 31.1 Å². The van der Waals surface area contributed by atoms with Gasteiger partial charge in [0.25, 0.3) is 0 Å². The number of rotatable bonds is 20. The normalized spacial score (nSPS) is 15.2. The summed E-state index contributed by atoms with van der Waals surface area (Å²) in [5.41, 5.74) is 1.74. The van der Waals surface area contributed by atoms with Crippen LogP contribution in [0.4, 0.5) is 0 Å². The first kappa shape index (κ1) is 40.8. The highest BCUT2D eigenvalue weighted by molar-refractivity contribution is 8.26. The summed E-state index contributed by atoms with van der Waals surface area (Å²) in [4.78, 5) is 30.1. The summed E-state index contributed by atoms with van der Waals surface area (Å²) in [5.74, 6) is 2.85. The van der Waals surface area contributed by atoms with Crippen LogP contribution in [0.15, 0.2) is 48.5 Å². The topological polar surface area (TPSA) is 154 Å². The van der Waals surface area contributed by atoms with Crippen molar-refractivity contribution in [3.05, 3.63) is 69.7 Å². The highest BCUT2D eigenvalue weighted by Gasteiger charge is 2.14. The summed E-state index contributed by atoms with van der Waals surface area (Å²) in [5, 5.41) is 29.4. The smallest absolute Gasteiger partial charge is 0.230 e. The van der Waals surface area contributed by atoms with Crippen LogP contribution in [0, 0.1) is 10.8 Å². The number of aromatic nitrogens is 2. The van der Waals surface area contributed by atoms with Gasteiger partial charge in [-0.3, -0.25) is 30.2 Å². The van der Waals surface area contributed by atoms with Crippen LogP contribution in [0.2, 0.25) is 0 Å². The molecule has 2 aromatic carbocycles. The predicted molar refractivity (Wildman–Crippen MR) is 214 cm³/mol. The molecule has 0 atom stereocenters. The first-order chi connectivity index (χ1) is 25.9. The second-order valence-corrected chi connectivity index (χ2v) is 16.5. The number of amidine groups is 1. The minimum Gasteiger partial charge on any atom is -0.492 e. The standard InChI is InChI=1S/C38H51N7O5S3/c39-34(52-38(40)41-35(47)27-30-7-5-9-33(26-30)49-20-16-44-12-2-1-3-13-44)10-22-51-23-11-36-42-43-37(53-36)28-31(46)24-29-6-4-8-32(25-29)50-21-17-45-14-18-48-19-15-45/h4-9,25-26,39H,1-3,10-24,27-28H2,(H2,40,41,47). The molecule has 0 spiro atoms. The highest BCUT2D eigenvalue weighted by atomic mass is 32.2. The van der Waals surface area contributed by atoms with Gasteiger partial charge in [-0.05, 0) is 84.6 Å². The number of carbonyl (C=O) groups excluding carboxylic acids is 2. The average molecular weight is 782 g/mol. The molecule has 1 aromatic heterocycles. The van der Waals surface area contributed by atoms with Crippen molar-refractivity contribution in [2.45, 2.75) is 51.4 Å². The molecule has 53 heavy (non-hydrogen) atoms. The van der Waals surface area contributed by atoms with Crippen LogP contribution in [-0.4, -0.2) is 119 Å². The number of ketones is 1. The molecule has 0 saturated carbocycles. The van der Waals surface area contributed by atoms with E-state index in [-0.39, 0.29) is 29.7 Å². The number of Topliss-reactive ketones (excluding diaryl/α,β-unsaturated/α-hetero) is 1. The van der Waals surface area contributed by atoms with Gasteiger partial charge in [0.05, 0.1) is 31.1 Å². The van der Waals surface area contributed by atoms with Crippen molar-refractivity contribution in [2.75, 3.05) is 77.2 Å². The zero-order chi connectivity index (χ0) is 37.1. The lowest BCUT2D eigenvalue weighted by Gasteiger charge is -2.26. The number of nitrogens with zero attached hydrogens (tertiary/aromatic N) is 4. The molecular weight excluding hydrogens is 731 g/mol. The van der Waals surface area contributed by atoms with Crippen LogP contribution in [-0.2, 0) is 40.0 Å². The SMILES string of the molecule is N=C(CCSCCc1nnc(CC(=O)Cc2cccc(OCCN3CCOCC3)c2)s1)SC(=N)NC(=O)Cc1cccc(OCCN2CCCCC2)c1. The molecule has 0 unspecified atom stereocenters. The van der Waals surface area contributed by atoms with E-state index in [9.17, 15) is 9.59 Å². The monoisotopic (exact) mass is 781 g/mol. The molecule has 286 valence electrons. The van der Waals surface area contributed by atoms with Crippen molar-refractivity contribution in [3.63, 3.8) is 0 Å². The Morgan fingerprint density at radius 1 is 0.811 bits per heavy atom. The molecule has 0 bridgehead atoms. The van der Waals surface area contributed by atoms with Gasteiger partial charge in [0.2, 0.25) is 5.91 Å². The number of hydrogen-bond acceptors (Lipinski definition) is 14. The molecule has 3 aromatic rings. The maximum atomic E-state index is 12.8. The Morgan fingerprint density at radius 3 is 2.15 bits per heavy atom. The lowest BCUT2D eigenvalue weighted by Crippen LogP contribution is -2.38. The molecule has 0 radical (unpaired) electrons. The summed E-state index contributed by atoms with van der Waals surface area (Å²) in [7, 11) is 0. The fraction of sp³-hybridized carbons (Fsp3) is 0.526. The Kier molecular flexibility index (Phi) is 17.6. The molecule has 2 saturated heterocycles. The number of hydrogen-bond donors (Lipinski definition) is 3. The van der Waals surface area contributed by atoms with Gasteiger partial charge >= 0.3 is 0 Å².